The number of sulfone groups is 1. The Kier molecular flexibility index (Phi) is 5.71. The molecule has 0 aromatic heterocycles. The highest BCUT2D eigenvalue weighted by molar-refractivity contribution is 7.95. The fourth-order valence-corrected chi connectivity index (χ4v) is 3.94. The summed E-state index contributed by atoms with van der Waals surface area (Å²) >= 11 is 11.8. The number of hydrogen-bond donors (Lipinski definition) is 0. The molecule has 0 amide bonds. The molecule has 0 spiro atoms. The van der Waals surface area contributed by atoms with E-state index in [1.54, 1.807) is 24.3 Å². The van der Waals surface area contributed by atoms with E-state index in [4.69, 9.17) is 23.2 Å². The van der Waals surface area contributed by atoms with E-state index in [1.807, 2.05) is 26.0 Å². The molecule has 2 aromatic rings. The van der Waals surface area contributed by atoms with Crippen LogP contribution in [-0.4, -0.2) is 8.42 Å². The summed E-state index contributed by atoms with van der Waals surface area (Å²) in [6.07, 6.45) is 1.38. The SMILES string of the molecule is Cc1ccc(/C=C(/C#N)S(=O)(=O)Cc2ccc(Cl)cc2Cl)cc1C. The number of aryl methyl sites for hydroxylation is 2. The molecule has 0 aliphatic carbocycles. The van der Waals surface area contributed by atoms with Crippen LogP contribution in [0.1, 0.15) is 22.3 Å². The standard InChI is InChI=1S/C18H15Cl2NO2S/c1-12-3-4-14(7-13(12)2)8-17(10-21)24(22,23)11-15-5-6-16(19)9-18(15)20/h3-9H,11H2,1-2H3/b17-8-. The number of nitrogens with zero attached hydrogens (tertiary/aromatic N) is 1. The molecular weight excluding hydrogens is 365 g/mol. The molecule has 6 heteroatoms. The van der Waals surface area contributed by atoms with E-state index < -0.39 is 9.84 Å². The van der Waals surface area contributed by atoms with Gasteiger partial charge in [0.05, 0.1) is 5.75 Å². The molecule has 0 radical (unpaired) electrons. The summed E-state index contributed by atoms with van der Waals surface area (Å²) in [6.45, 7) is 3.90. The fraction of sp³-hybridized carbons (Fsp3) is 0.167. The van der Waals surface area contributed by atoms with Crippen LogP contribution >= 0.6 is 23.2 Å². The molecule has 0 bridgehead atoms. The monoisotopic (exact) mass is 379 g/mol. The Labute approximate surface area is 152 Å². The molecule has 0 aliphatic rings. The quantitative estimate of drug-likeness (QED) is 0.695. The summed E-state index contributed by atoms with van der Waals surface area (Å²) in [4.78, 5) is -0.295. The fourth-order valence-electron chi connectivity index (χ4n) is 2.12. The third-order valence-electron chi connectivity index (χ3n) is 3.63. The van der Waals surface area contributed by atoms with Crippen molar-refractivity contribution in [1.82, 2.24) is 0 Å². The second kappa shape index (κ2) is 7.40. The van der Waals surface area contributed by atoms with Crippen LogP contribution in [0.15, 0.2) is 41.3 Å². The summed E-state index contributed by atoms with van der Waals surface area (Å²) in [5, 5.41) is 9.97. The molecule has 3 nitrogen and oxygen atoms in total. The first kappa shape index (κ1) is 18.5. The van der Waals surface area contributed by atoms with Crippen LogP contribution < -0.4 is 0 Å². The zero-order valence-corrected chi connectivity index (χ0v) is 15.5. The van der Waals surface area contributed by atoms with Gasteiger partial charge in [-0.2, -0.15) is 5.26 Å². The molecule has 24 heavy (non-hydrogen) atoms. The van der Waals surface area contributed by atoms with Crippen molar-refractivity contribution in [3.63, 3.8) is 0 Å². The maximum Gasteiger partial charge on any atom is 0.192 e. The molecule has 0 heterocycles. The van der Waals surface area contributed by atoms with Crippen LogP contribution in [0.4, 0.5) is 0 Å². The minimum Gasteiger partial charge on any atom is -0.223 e. The first-order valence-corrected chi connectivity index (χ1v) is 9.49. The predicted octanol–water partition coefficient (Wildman–Crippen LogP) is 5.09. The van der Waals surface area contributed by atoms with Gasteiger partial charge in [-0.15, -0.1) is 0 Å². The van der Waals surface area contributed by atoms with Gasteiger partial charge in [0, 0.05) is 10.0 Å². The Morgan fingerprint density at radius 1 is 1.12 bits per heavy atom. The molecule has 0 saturated carbocycles. The molecule has 0 atom stereocenters. The molecule has 0 fully saturated rings. The number of hydrogen-bond acceptors (Lipinski definition) is 3. The van der Waals surface area contributed by atoms with Crippen molar-refractivity contribution in [2.45, 2.75) is 19.6 Å². The highest BCUT2D eigenvalue weighted by atomic mass is 35.5. The Bertz CT molecular complexity index is 957. The average Bonchev–Trinajstić information content (AvgIpc) is 2.51. The number of nitriles is 1. The minimum atomic E-state index is -3.81. The van der Waals surface area contributed by atoms with Crippen molar-refractivity contribution in [3.8, 4) is 6.07 Å². The van der Waals surface area contributed by atoms with Crippen molar-refractivity contribution >= 4 is 39.1 Å². The van der Waals surface area contributed by atoms with Crippen molar-refractivity contribution in [2.24, 2.45) is 0 Å². The predicted molar refractivity (Wildman–Crippen MR) is 98.6 cm³/mol. The topological polar surface area (TPSA) is 57.9 Å². The normalized spacial score (nSPS) is 12.0. The molecule has 0 N–H and O–H groups in total. The van der Waals surface area contributed by atoms with Crippen LogP contribution in [0.5, 0.6) is 0 Å². The average molecular weight is 380 g/mol. The van der Waals surface area contributed by atoms with Gasteiger partial charge in [-0.3, -0.25) is 0 Å². The largest absolute Gasteiger partial charge is 0.223 e. The van der Waals surface area contributed by atoms with Gasteiger partial charge in [0.2, 0.25) is 0 Å². The molecule has 0 unspecified atom stereocenters. The zero-order valence-electron chi connectivity index (χ0n) is 13.2. The second-order valence-electron chi connectivity index (χ2n) is 5.46. The zero-order chi connectivity index (χ0) is 17.9. The number of rotatable bonds is 4. The molecular formula is C18H15Cl2NO2S. The molecule has 2 aromatic carbocycles. The van der Waals surface area contributed by atoms with Crippen molar-refractivity contribution < 1.29 is 8.42 Å². The lowest BCUT2D eigenvalue weighted by molar-refractivity contribution is 0.602. The first-order chi connectivity index (χ1) is 11.2. The van der Waals surface area contributed by atoms with Crippen LogP contribution in [-0.2, 0) is 15.6 Å². The smallest absolute Gasteiger partial charge is 0.192 e. The third kappa shape index (κ3) is 4.39. The summed E-state index contributed by atoms with van der Waals surface area (Å²) in [5.41, 5.74) is 3.20. The van der Waals surface area contributed by atoms with Crippen LogP contribution in [0.25, 0.3) is 6.08 Å². The highest BCUT2D eigenvalue weighted by Crippen LogP contribution is 2.25. The van der Waals surface area contributed by atoms with E-state index in [0.29, 0.717) is 16.1 Å². The van der Waals surface area contributed by atoms with Gasteiger partial charge in [-0.05, 0) is 54.3 Å². The van der Waals surface area contributed by atoms with E-state index in [9.17, 15) is 13.7 Å². The van der Waals surface area contributed by atoms with Crippen molar-refractivity contribution in [3.05, 3.63) is 73.6 Å². The first-order valence-electron chi connectivity index (χ1n) is 7.08. The summed E-state index contributed by atoms with van der Waals surface area (Å²) in [7, 11) is -3.81. The Morgan fingerprint density at radius 3 is 2.42 bits per heavy atom. The molecule has 0 saturated heterocycles. The van der Waals surface area contributed by atoms with Gasteiger partial charge in [0.15, 0.2) is 9.84 Å². The van der Waals surface area contributed by atoms with Gasteiger partial charge >= 0.3 is 0 Å². The van der Waals surface area contributed by atoms with E-state index in [2.05, 4.69) is 0 Å². The van der Waals surface area contributed by atoms with Gasteiger partial charge < -0.3 is 0 Å². The Morgan fingerprint density at radius 2 is 1.83 bits per heavy atom. The van der Waals surface area contributed by atoms with Crippen molar-refractivity contribution in [2.75, 3.05) is 0 Å². The van der Waals surface area contributed by atoms with E-state index >= 15 is 0 Å². The summed E-state index contributed by atoms with van der Waals surface area (Å²) in [5.74, 6) is -0.354. The summed E-state index contributed by atoms with van der Waals surface area (Å²) in [6, 6.07) is 11.9. The lowest BCUT2D eigenvalue weighted by Crippen LogP contribution is -2.07. The van der Waals surface area contributed by atoms with Crippen LogP contribution in [0.3, 0.4) is 0 Å². The van der Waals surface area contributed by atoms with Crippen LogP contribution in [0.2, 0.25) is 10.0 Å². The van der Waals surface area contributed by atoms with Gasteiger partial charge in [0.1, 0.15) is 11.0 Å². The van der Waals surface area contributed by atoms with Gasteiger partial charge in [0.25, 0.3) is 0 Å². The Balaban J connectivity index is 2.39. The second-order valence-corrected chi connectivity index (χ2v) is 8.26. The summed E-state index contributed by atoms with van der Waals surface area (Å²) < 4.78 is 25.1. The van der Waals surface area contributed by atoms with Gasteiger partial charge in [-0.1, -0.05) is 47.5 Å². The lowest BCUT2D eigenvalue weighted by atomic mass is 10.1. The lowest BCUT2D eigenvalue weighted by Gasteiger charge is -2.07. The number of halogens is 2. The minimum absolute atomic E-state index is 0.259. The van der Waals surface area contributed by atoms with Crippen LogP contribution in [0, 0.1) is 25.2 Å². The molecule has 124 valence electrons. The molecule has 0 aliphatic heterocycles. The van der Waals surface area contributed by atoms with Gasteiger partial charge in [-0.25, -0.2) is 8.42 Å². The molecule has 2 rings (SSSR count). The number of allylic oxidation sites excluding steroid dienone is 1. The Hall–Kier alpha value is -1.80. The van der Waals surface area contributed by atoms with E-state index in [1.165, 1.54) is 12.1 Å². The maximum atomic E-state index is 12.5. The maximum absolute atomic E-state index is 12.5. The van der Waals surface area contributed by atoms with Crippen molar-refractivity contribution in [1.29, 1.82) is 5.26 Å². The number of benzene rings is 2. The van der Waals surface area contributed by atoms with E-state index in [0.717, 1.165) is 11.1 Å². The third-order valence-corrected chi connectivity index (χ3v) is 5.79. The highest BCUT2D eigenvalue weighted by Gasteiger charge is 2.20. The van der Waals surface area contributed by atoms with E-state index in [-0.39, 0.29) is 15.7 Å².